The highest BCUT2D eigenvalue weighted by atomic mass is 19.1. The molecule has 4 heteroatoms. The van der Waals surface area contributed by atoms with Crippen LogP contribution in [0.15, 0.2) is 60.9 Å². The van der Waals surface area contributed by atoms with Crippen LogP contribution in [0.2, 0.25) is 0 Å². The molecule has 0 aliphatic heterocycles. The maximum absolute atomic E-state index is 13.5. The van der Waals surface area contributed by atoms with Crippen molar-refractivity contribution in [1.29, 1.82) is 0 Å². The van der Waals surface area contributed by atoms with Crippen molar-refractivity contribution in [2.24, 2.45) is 5.73 Å². The molecular formula is C17H16FN3. The molecule has 1 heterocycles. The van der Waals surface area contributed by atoms with E-state index in [0.717, 1.165) is 22.3 Å². The van der Waals surface area contributed by atoms with E-state index in [-0.39, 0.29) is 5.82 Å². The van der Waals surface area contributed by atoms with Crippen LogP contribution in [0, 0.1) is 5.82 Å². The van der Waals surface area contributed by atoms with Crippen LogP contribution < -0.4 is 5.73 Å². The summed E-state index contributed by atoms with van der Waals surface area (Å²) in [5.41, 5.74) is 9.39. The molecule has 21 heavy (non-hydrogen) atoms. The molecule has 0 aliphatic rings. The van der Waals surface area contributed by atoms with Crippen LogP contribution in [0.1, 0.15) is 11.1 Å². The van der Waals surface area contributed by atoms with Crippen molar-refractivity contribution in [3.63, 3.8) is 0 Å². The molecule has 0 fully saturated rings. The van der Waals surface area contributed by atoms with E-state index in [0.29, 0.717) is 13.1 Å². The quantitative estimate of drug-likeness (QED) is 0.798. The van der Waals surface area contributed by atoms with Crippen LogP contribution in [-0.4, -0.2) is 9.78 Å². The molecule has 3 aromatic rings. The monoisotopic (exact) mass is 281 g/mol. The van der Waals surface area contributed by atoms with Crippen LogP contribution in [0.4, 0.5) is 4.39 Å². The number of benzene rings is 2. The number of hydrogen-bond donors (Lipinski definition) is 1. The predicted octanol–water partition coefficient (Wildman–Crippen LogP) is 3.20. The average molecular weight is 281 g/mol. The fraction of sp³-hybridized carbons (Fsp3) is 0.118. The number of hydrogen-bond acceptors (Lipinski definition) is 2. The van der Waals surface area contributed by atoms with Crippen molar-refractivity contribution in [1.82, 2.24) is 9.78 Å². The van der Waals surface area contributed by atoms with Crippen LogP contribution in [0.5, 0.6) is 0 Å². The first-order valence-corrected chi connectivity index (χ1v) is 6.81. The Hall–Kier alpha value is -2.46. The normalized spacial score (nSPS) is 10.8. The summed E-state index contributed by atoms with van der Waals surface area (Å²) < 4.78 is 15.3. The SMILES string of the molecule is NCc1cc(F)cc(Cn2cc(-c3ccccc3)cn2)c1. The summed E-state index contributed by atoms with van der Waals surface area (Å²) in [7, 11) is 0. The molecule has 1 aromatic heterocycles. The lowest BCUT2D eigenvalue weighted by Gasteiger charge is -2.05. The van der Waals surface area contributed by atoms with Crippen molar-refractivity contribution < 1.29 is 4.39 Å². The van der Waals surface area contributed by atoms with Gasteiger partial charge < -0.3 is 5.73 Å². The van der Waals surface area contributed by atoms with Crippen molar-refractivity contribution in [3.8, 4) is 11.1 Å². The summed E-state index contributed by atoms with van der Waals surface area (Å²) in [5.74, 6) is -0.261. The molecule has 3 rings (SSSR count). The molecule has 0 saturated heterocycles. The topological polar surface area (TPSA) is 43.8 Å². The second-order valence-corrected chi connectivity index (χ2v) is 4.96. The molecule has 2 N–H and O–H groups in total. The maximum Gasteiger partial charge on any atom is 0.123 e. The van der Waals surface area contributed by atoms with Gasteiger partial charge in [0.05, 0.1) is 12.7 Å². The molecule has 0 atom stereocenters. The Labute approximate surface area is 122 Å². The Balaban J connectivity index is 1.83. The third kappa shape index (κ3) is 3.17. The van der Waals surface area contributed by atoms with E-state index < -0.39 is 0 Å². The minimum atomic E-state index is -0.261. The number of aromatic nitrogens is 2. The summed E-state index contributed by atoms with van der Waals surface area (Å²) in [6, 6.07) is 14.9. The third-order valence-electron chi connectivity index (χ3n) is 3.34. The first-order chi connectivity index (χ1) is 10.2. The fourth-order valence-corrected chi connectivity index (χ4v) is 2.34. The Bertz CT molecular complexity index is 735. The van der Waals surface area contributed by atoms with Crippen molar-refractivity contribution in [2.45, 2.75) is 13.1 Å². The van der Waals surface area contributed by atoms with Crippen molar-refractivity contribution in [3.05, 3.63) is 77.9 Å². The van der Waals surface area contributed by atoms with Crippen LogP contribution in [0.25, 0.3) is 11.1 Å². The van der Waals surface area contributed by atoms with Gasteiger partial charge in [0.15, 0.2) is 0 Å². The van der Waals surface area contributed by atoms with E-state index in [9.17, 15) is 4.39 Å². The highest BCUT2D eigenvalue weighted by Crippen LogP contribution is 2.18. The minimum Gasteiger partial charge on any atom is -0.326 e. The van der Waals surface area contributed by atoms with Crippen molar-refractivity contribution >= 4 is 0 Å². The number of nitrogens with two attached hydrogens (primary N) is 1. The third-order valence-corrected chi connectivity index (χ3v) is 3.34. The second kappa shape index (κ2) is 5.89. The highest BCUT2D eigenvalue weighted by molar-refractivity contribution is 5.61. The molecule has 3 nitrogen and oxygen atoms in total. The molecule has 0 unspecified atom stereocenters. The van der Waals surface area contributed by atoms with Gasteiger partial charge in [-0.1, -0.05) is 36.4 Å². The highest BCUT2D eigenvalue weighted by Gasteiger charge is 2.04. The van der Waals surface area contributed by atoms with Gasteiger partial charge in [-0.05, 0) is 28.8 Å². The van der Waals surface area contributed by atoms with E-state index in [2.05, 4.69) is 5.10 Å². The van der Waals surface area contributed by atoms with Crippen molar-refractivity contribution in [2.75, 3.05) is 0 Å². The zero-order chi connectivity index (χ0) is 14.7. The predicted molar refractivity (Wildman–Crippen MR) is 81.1 cm³/mol. The van der Waals surface area contributed by atoms with E-state index >= 15 is 0 Å². The summed E-state index contributed by atoms with van der Waals surface area (Å²) in [6.07, 6.45) is 3.78. The fourth-order valence-electron chi connectivity index (χ4n) is 2.34. The van der Waals surface area contributed by atoms with Gasteiger partial charge in [-0.3, -0.25) is 4.68 Å². The van der Waals surface area contributed by atoms with Gasteiger partial charge in [-0.25, -0.2) is 4.39 Å². The first-order valence-electron chi connectivity index (χ1n) is 6.81. The summed E-state index contributed by atoms with van der Waals surface area (Å²) >= 11 is 0. The Morgan fingerprint density at radius 3 is 2.52 bits per heavy atom. The zero-order valence-electron chi connectivity index (χ0n) is 11.5. The first kappa shape index (κ1) is 13.5. The van der Waals surface area contributed by atoms with Crippen LogP contribution in [-0.2, 0) is 13.1 Å². The Morgan fingerprint density at radius 2 is 1.76 bits per heavy atom. The molecule has 0 radical (unpaired) electrons. The zero-order valence-corrected chi connectivity index (χ0v) is 11.5. The van der Waals surface area contributed by atoms with Crippen LogP contribution in [0.3, 0.4) is 0 Å². The van der Waals surface area contributed by atoms with E-state index in [1.807, 2.05) is 48.8 Å². The van der Waals surface area contributed by atoms with Crippen LogP contribution >= 0.6 is 0 Å². The summed E-state index contributed by atoms with van der Waals surface area (Å²) in [4.78, 5) is 0. The smallest absolute Gasteiger partial charge is 0.123 e. The van der Waals surface area contributed by atoms with Gasteiger partial charge in [0, 0.05) is 18.3 Å². The lowest BCUT2D eigenvalue weighted by atomic mass is 10.1. The standard InChI is InChI=1S/C17H16FN3/c18-17-7-13(9-19)6-14(8-17)11-21-12-16(10-20-21)15-4-2-1-3-5-15/h1-8,10,12H,9,11,19H2. The minimum absolute atomic E-state index is 0.261. The van der Waals surface area contributed by atoms with Gasteiger partial charge in [0.25, 0.3) is 0 Å². The average Bonchev–Trinajstić information content (AvgIpc) is 2.96. The largest absolute Gasteiger partial charge is 0.326 e. The molecule has 0 saturated carbocycles. The number of rotatable bonds is 4. The second-order valence-electron chi connectivity index (χ2n) is 4.96. The molecule has 0 bridgehead atoms. The van der Waals surface area contributed by atoms with Gasteiger partial charge in [-0.2, -0.15) is 5.10 Å². The Kier molecular flexibility index (Phi) is 3.79. The van der Waals surface area contributed by atoms with E-state index in [1.165, 1.54) is 12.1 Å². The lowest BCUT2D eigenvalue weighted by Crippen LogP contribution is -2.03. The molecular weight excluding hydrogens is 265 g/mol. The molecule has 0 aliphatic carbocycles. The van der Waals surface area contributed by atoms with Gasteiger partial charge in [0.1, 0.15) is 5.82 Å². The molecule has 0 spiro atoms. The Morgan fingerprint density at radius 1 is 1.00 bits per heavy atom. The lowest BCUT2D eigenvalue weighted by molar-refractivity contribution is 0.616. The molecule has 2 aromatic carbocycles. The summed E-state index contributed by atoms with van der Waals surface area (Å²) in [5, 5.41) is 4.34. The summed E-state index contributed by atoms with van der Waals surface area (Å²) in [6.45, 7) is 0.858. The molecule has 0 amide bonds. The van der Waals surface area contributed by atoms with Gasteiger partial charge >= 0.3 is 0 Å². The van der Waals surface area contributed by atoms with Gasteiger partial charge in [0.2, 0.25) is 0 Å². The van der Waals surface area contributed by atoms with Gasteiger partial charge in [-0.15, -0.1) is 0 Å². The van der Waals surface area contributed by atoms with E-state index in [1.54, 1.807) is 4.68 Å². The maximum atomic E-state index is 13.5. The van der Waals surface area contributed by atoms with E-state index in [4.69, 9.17) is 5.73 Å². The number of halogens is 1. The molecule has 106 valence electrons. The number of nitrogens with zero attached hydrogens (tertiary/aromatic N) is 2.